The van der Waals surface area contributed by atoms with Crippen LogP contribution in [0.15, 0.2) is 54.7 Å². The van der Waals surface area contributed by atoms with Gasteiger partial charge in [-0.15, -0.1) is 11.3 Å². The van der Waals surface area contributed by atoms with Crippen LogP contribution in [0.3, 0.4) is 0 Å². The molecule has 136 valence electrons. The third-order valence-electron chi connectivity index (χ3n) is 4.32. The number of rotatable bonds is 4. The topological polar surface area (TPSA) is 62.2 Å². The number of aliphatic hydroxyl groups excluding tert-OH is 1. The summed E-state index contributed by atoms with van der Waals surface area (Å²) in [5.74, 6) is -0.203. The summed E-state index contributed by atoms with van der Waals surface area (Å²) in [6.07, 6.45) is 1.22. The largest absolute Gasteiger partial charge is 0.392 e. The number of para-hydroxylation sites is 1. The highest BCUT2D eigenvalue weighted by molar-refractivity contribution is 7.22. The van der Waals surface area contributed by atoms with Gasteiger partial charge in [0.25, 0.3) is 5.91 Å². The number of aromatic nitrogens is 1. The molecule has 4 nitrogen and oxygen atoms in total. The Morgan fingerprint density at radius 1 is 1.19 bits per heavy atom. The third kappa shape index (κ3) is 3.41. The van der Waals surface area contributed by atoms with Crippen molar-refractivity contribution in [3.63, 3.8) is 0 Å². The highest BCUT2D eigenvalue weighted by atomic mass is 35.5. The van der Waals surface area contributed by atoms with E-state index in [0.717, 1.165) is 32.1 Å². The Hall–Kier alpha value is -2.47. The van der Waals surface area contributed by atoms with E-state index >= 15 is 0 Å². The van der Waals surface area contributed by atoms with Gasteiger partial charge in [-0.3, -0.25) is 9.78 Å². The van der Waals surface area contributed by atoms with E-state index in [9.17, 15) is 9.90 Å². The van der Waals surface area contributed by atoms with Crippen molar-refractivity contribution >= 4 is 49.8 Å². The summed E-state index contributed by atoms with van der Waals surface area (Å²) in [5.41, 5.74) is 2.64. The predicted molar refractivity (Wildman–Crippen MR) is 112 cm³/mol. The fourth-order valence-electron chi connectivity index (χ4n) is 3.06. The molecule has 0 radical (unpaired) electrons. The van der Waals surface area contributed by atoms with Crippen molar-refractivity contribution in [2.24, 2.45) is 0 Å². The maximum atomic E-state index is 12.9. The molecule has 1 amide bonds. The van der Waals surface area contributed by atoms with Crippen molar-refractivity contribution in [3.05, 3.63) is 64.6 Å². The van der Waals surface area contributed by atoms with Crippen molar-refractivity contribution in [1.82, 2.24) is 10.3 Å². The molecule has 27 heavy (non-hydrogen) atoms. The van der Waals surface area contributed by atoms with Gasteiger partial charge in [-0.2, -0.15) is 0 Å². The number of fused-ring (bicyclic) bond motifs is 3. The van der Waals surface area contributed by atoms with Crippen molar-refractivity contribution in [3.8, 4) is 11.1 Å². The Labute approximate surface area is 165 Å². The molecule has 0 saturated heterocycles. The van der Waals surface area contributed by atoms with Crippen molar-refractivity contribution in [2.75, 3.05) is 6.54 Å². The molecule has 0 saturated carbocycles. The van der Waals surface area contributed by atoms with Crippen LogP contribution in [0, 0.1) is 0 Å². The third-order valence-corrected chi connectivity index (χ3v) is 5.81. The van der Waals surface area contributed by atoms with Crippen LogP contribution in [0.25, 0.3) is 32.1 Å². The molecule has 0 fully saturated rings. The van der Waals surface area contributed by atoms with Crippen molar-refractivity contribution in [2.45, 2.75) is 13.0 Å². The number of halogens is 1. The Morgan fingerprint density at radius 2 is 1.93 bits per heavy atom. The summed E-state index contributed by atoms with van der Waals surface area (Å²) in [7, 11) is 0. The molecule has 2 N–H and O–H groups in total. The zero-order valence-corrected chi connectivity index (χ0v) is 16.1. The molecule has 2 heterocycles. The number of benzene rings is 2. The number of nitrogens with one attached hydrogen (secondary N) is 1. The van der Waals surface area contributed by atoms with E-state index < -0.39 is 6.10 Å². The first-order valence-corrected chi connectivity index (χ1v) is 9.76. The molecule has 0 unspecified atom stereocenters. The summed E-state index contributed by atoms with van der Waals surface area (Å²) >= 11 is 7.49. The number of pyridine rings is 1. The standard InChI is InChI=1S/C21H17ClN2O2S/c1-12(25)10-24-21(26)20-18(13-6-8-14(22)9-7-13)16-11-23-17-5-3-2-4-15(17)19(16)27-20/h2-9,11-12,25H,10H2,1H3,(H,24,26)/t12-/m1/s1. The molecule has 4 aromatic rings. The minimum Gasteiger partial charge on any atom is -0.392 e. The lowest BCUT2D eigenvalue weighted by Crippen LogP contribution is -2.30. The maximum absolute atomic E-state index is 12.9. The molecule has 2 aromatic carbocycles. The van der Waals surface area contributed by atoms with Crippen LogP contribution < -0.4 is 5.32 Å². The average Bonchev–Trinajstić information content (AvgIpc) is 3.07. The van der Waals surface area contributed by atoms with Crippen LogP contribution >= 0.6 is 22.9 Å². The summed E-state index contributed by atoms with van der Waals surface area (Å²) in [6.45, 7) is 1.84. The first-order chi connectivity index (χ1) is 13.0. The van der Waals surface area contributed by atoms with Crippen LogP contribution in [-0.2, 0) is 0 Å². The summed E-state index contributed by atoms with van der Waals surface area (Å²) < 4.78 is 1.02. The van der Waals surface area contributed by atoms with Crippen molar-refractivity contribution < 1.29 is 9.90 Å². The monoisotopic (exact) mass is 396 g/mol. The quantitative estimate of drug-likeness (QED) is 0.516. The molecule has 6 heteroatoms. The number of carbonyl (C=O) groups is 1. The molecule has 0 aliphatic heterocycles. The van der Waals surface area contributed by atoms with Crippen LogP contribution in [0.4, 0.5) is 0 Å². The highest BCUT2D eigenvalue weighted by Crippen LogP contribution is 2.41. The Morgan fingerprint density at radius 3 is 2.67 bits per heavy atom. The second-order valence-corrected chi connectivity index (χ2v) is 7.85. The molecule has 0 spiro atoms. The highest BCUT2D eigenvalue weighted by Gasteiger charge is 2.21. The van der Waals surface area contributed by atoms with Gasteiger partial charge >= 0.3 is 0 Å². The van der Waals surface area contributed by atoms with E-state index in [2.05, 4.69) is 10.3 Å². The van der Waals surface area contributed by atoms with Gasteiger partial charge in [-0.1, -0.05) is 41.9 Å². The van der Waals surface area contributed by atoms with Gasteiger partial charge in [-0.05, 0) is 30.7 Å². The van der Waals surface area contributed by atoms with Crippen LogP contribution in [0.5, 0.6) is 0 Å². The summed E-state index contributed by atoms with van der Waals surface area (Å²) in [4.78, 5) is 18.0. The van der Waals surface area contributed by atoms with Crippen molar-refractivity contribution in [1.29, 1.82) is 0 Å². The second-order valence-electron chi connectivity index (χ2n) is 6.39. The van der Waals surface area contributed by atoms with Crippen LogP contribution in [0.2, 0.25) is 5.02 Å². The fourth-order valence-corrected chi connectivity index (χ4v) is 4.44. The smallest absolute Gasteiger partial charge is 0.262 e. The Balaban J connectivity index is 1.96. The zero-order chi connectivity index (χ0) is 19.0. The second kappa shape index (κ2) is 7.27. The Bertz CT molecular complexity index is 1140. The normalized spacial score (nSPS) is 12.4. The average molecular weight is 397 g/mol. The van der Waals surface area contributed by atoms with Gasteiger partial charge in [0.1, 0.15) is 4.88 Å². The molecule has 0 aliphatic rings. The number of amides is 1. The number of carbonyl (C=O) groups excluding carboxylic acids is 1. The minimum atomic E-state index is -0.607. The SMILES string of the molecule is C[C@@H](O)CNC(=O)c1sc2c(cnc3ccccc32)c1-c1ccc(Cl)cc1. The number of nitrogens with zero attached hydrogens (tertiary/aromatic N) is 1. The van der Waals surface area contributed by atoms with E-state index in [1.165, 1.54) is 11.3 Å². The van der Waals surface area contributed by atoms with E-state index in [0.29, 0.717) is 9.90 Å². The number of hydrogen-bond donors (Lipinski definition) is 2. The first kappa shape index (κ1) is 17.9. The van der Waals surface area contributed by atoms with Gasteiger partial charge in [0, 0.05) is 38.8 Å². The Kier molecular flexibility index (Phi) is 4.83. The minimum absolute atomic E-state index is 0.201. The molecule has 4 rings (SSSR count). The van der Waals surface area contributed by atoms with Gasteiger partial charge in [0.15, 0.2) is 0 Å². The van der Waals surface area contributed by atoms with Gasteiger partial charge in [0.2, 0.25) is 0 Å². The summed E-state index contributed by atoms with van der Waals surface area (Å²) in [5, 5.41) is 14.9. The number of thiophene rings is 1. The molecule has 0 bridgehead atoms. The lowest BCUT2D eigenvalue weighted by molar-refractivity contribution is 0.0928. The molecule has 1 atom stereocenters. The lowest BCUT2D eigenvalue weighted by Gasteiger charge is -2.08. The molecule has 2 aromatic heterocycles. The molecular weight excluding hydrogens is 380 g/mol. The summed E-state index contributed by atoms with van der Waals surface area (Å²) in [6, 6.07) is 15.3. The predicted octanol–water partition coefficient (Wildman–Crippen LogP) is 4.88. The number of aliphatic hydroxyl groups is 1. The van der Waals surface area contributed by atoms with Crippen LogP contribution in [0.1, 0.15) is 16.6 Å². The molecule has 0 aliphatic carbocycles. The zero-order valence-electron chi connectivity index (χ0n) is 14.6. The van der Waals surface area contributed by atoms with E-state index in [4.69, 9.17) is 11.6 Å². The van der Waals surface area contributed by atoms with E-state index in [1.807, 2.05) is 54.7 Å². The van der Waals surface area contributed by atoms with Gasteiger partial charge < -0.3 is 10.4 Å². The first-order valence-electron chi connectivity index (χ1n) is 8.57. The molecular formula is C21H17ClN2O2S. The lowest BCUT2D eigenvalue weighted by atomic mass is 10.0. The maximum Gasteiger partial charge on any atom is 0.262 e. The van der Waals surface area contributed by atoms with Gasteiger partial charge in [0.05, 0.1) is 11.6 Å². The fraction of sp³-hybridized carbons (Fsp3) is 0.143. The van der Waals surface area contributed by atoms with E-state index in [-0.39, 0.29) is 12.5 Å². The van der Waals surface area contributed by atoms with E-state index in [1.54, 1.807) is 6.92 Å². The van der Waals surface area contributed by atoms with Crippen LogP contribution in [-0.4, -0.2) is 28.6 Å². The van der Waals surface area contributed by atoms with Gasteiger partial charge in [-0.25, -0.2) is 0 Å². The number of hydrogen-bond acceptors (Lipinski definition) is 4.